The normalized spacial score (nSPS) is 12.9. The van der Waals surface area contributed by atoms with Gasteiger partial charge in [-0.05, 0) is 24.0 Å². The van der Waals surface area contributed by atoms with Gasteiger partial charge in [0.1, 0.15) is 0 Å². The van der Waals surface area contributed by atoms with Gasteiger partial charge in [0, 0.05) is 12.4 Å². The average molecular weight is 248 g/mol. The Kier molecular flexibility index (Phi) is 4.59. The molecular weight excluding hydrogens is 228 g/mol. The van der Waals surface area contributed by atoms with Gasteiger partial charge in [-0.1, -0.05) is 26.8 Å². The van der Waals surface area contributed by atoms with Crippen LogP contribution in [-0.4, -0.2) is 22.7 Å². The zero-order chi connectivity index (χ0) is 13.8. The summed E-state index contributed by atoms with van der Waals surface area (Å²) in [6.45, 7) is 7.30. The molecular formula is C14H20N2O2. The van der Waals surface area contributed by atoms with Gasteiger partial charge in [-0.2, -0.15) is 0 Å². The third-order valence-corrected chi connectivity index (χ3v) is 2.67. The van der Waals surface area contributed by atoms with Crippen molar-refractivity contribution in [2.45, 2.75) is 40.2 Å². The molecule has 98 valence electrons. The molecule has 0 saturated heterocycles. The van der Waals surface area contributed by atoms with Gasteiger partial charge in [0.25, 0.3) is 0 Å². The minimum absolute atomic E-state index is 0.0259. The highest BCUT2D eigenvalue weighted by atomic mass is 16.2. The summed E-state index contributed by atoms with van der Waals surface area (Å²) >= 11 is 0. The third-order valence-electron chi connectivity index (χ3n) is 2.67. The van der Waals surface area contributed by atoms with Gasteiger partial charge < -0.3 is 5.32 Å². The van der Waals surface area contributed by atoms with Crippen molar-refractivity contribution in [2.75, 3.05) is 0 Å². The number of Topliss-reactive ketones (excluding diaryl/α,β-unsaturated/α-hetero) is 1. The Hall–Kier alpha value is -1.71. The molecule has 0 aliphatic carbocycles. The number of ketones is 1. The van der Waals surface area contributed by atoms with Crippen molar-refractivity contribution in [1.29, 1.82) is 0 Å². The number of carbonyl (C=O) groups excluding carboxylic acids is 2. The summed E-state index contributed by atoms with van der Waals surface area (Å²) in [4.78, 5) is 27.4. The Balaban J connectivity index is 2.66. The molecule has 1 rings (SSSR count). The fourth-order valence-corrected chi connectivity index (χ4v) is 1.83. The summed E-state index contributed by atoms with van der Waals surface area (Å²) in [7, 11) is 0. The molecule has 0 aliphatic rings. The molecule has 1 amide bonds. The Bertz CT molecular complexity index is 421. The van der Waals surface area contributed by atoms with E-state index in [1.165, 1.54) is 6.92 Å². The summed E-state index contributed by atoms with van der Waals surface area (Å²) < 4.78 is 0. The van der Waals surface area contributed by atoms with Crippen LogP contribution in [0.1, 0.15) is 33.3 Å². The molecule has 0 aliphatic heterocycles. The van der Waals surface area contributed by atoms with E-state index in [4.69, 9.17) is 0 Å². The van der Waals surface area contributed by atoms with Crippen molar-refractivity contribution in [2.24, 2.45) is 5.41 Å². The van der Waals surface area contributed by atoms with E-state index in [0.29, 0.717) is 0 Å². The maximum absolute atomic E-state index is 11.9. The molecule has 18 heavy (non-hydrogen) atoms. The van der Waals surface area contributed by atoms with Gasteiger partial charge >= 0.3 is 0 Å². The van der Waals surface area contributed by atoms with Crippen LogP contribution < -0.4 is 5.32 Å². The van der Waals surface area contributed by atoms with Crippen molar-refractivity contribution in [3.63, 3.8) is 0 Å². The van der Waals surface area contributed by atoms with E-state index in [-0.39, 0.29) is 23.5 Å². The molecule has 1 atom stereocenters. The quantitative estimate of drug-likeness (QED) is 0.883. The van der Waals surface area contributed by atoms with E-state index in [9.17, 15) is 9.59 Å². The maximum Gasteiger partial charge on any atom is 0.225 e. The lowest BCUT2D eigenvalue weighted by molar-refractivity contribution is -0.128. The Morgan fingerprint density at radius 3 is 2.50 bits per heavy atom. The first-order chi connectivity index (χ1) is 8.30. The van der Waals surface area contributed by atoms with Crippen LogP contribution in [-0.2, 0) is 16.0 Å². The first-order valence-electron chi connectivity index (χ1n) is 5.99. The molecule has 4 nitrogen and oxygen atoms in total. The average Bonchev–Trinajstić information content (AvgIpc) is 2.25. The Morgan fingerprint density at radius 2 is 2.06 bits per heavy atom. The van der Waals surface area contributed by atoms with Crippen LogP contribution in [0.4, 0.5) is 0 Å². The molecule has 0 radical (unpaired) electrons. The first kappa shape index (κ1) is 14.4. The monoisotopic (exact) mass is 248 g/mol. The fourth-order valence-electron chi connectivity index (χ4n) is 1.83. The predicted octanol–water partition coefficient (Wildman–Crippen LogP) is 1.74. The van der Waals surface area contributed by atoms with Crippen LogP contribution in [0.2, 0.25) is 0 Å². The predicted molar refractivity (Wildman–Crippen MR) is 70.0 cm³/mol. The number of nitrogens with zero attached hydrogens (tertiary/aromatic N) is 1. The van der Waals surface area contributed by atoms with Crippen LogP contribution in [0.5, 0.6) is 0 Å². The molecule has 1 unspecified atom stereocenters. The van der Waals surface area contributed by atoms with Crippen molar-refractivity contribution in [3.8, 4) is 0 Å². The van der Waals surface area contributed by atoms with E-state index in [2.05, 4.69) is 10.3 Å². The second-order valence-electron chi connectivity index (χ2n) is 5.52. The number of rotatable bonds is 4. The van der Waals surface area contributed by atoms with Gasteiger partial charge in [-0.3, -0.25) is 14.6 Å². The molecule has 0 bridgehead atoms. The smallest absolute Gasteiger partial charge is 0.225 e. The van der Waals surface area contributed by atoms with Crippen LogP contribution in [0.15, 0.2) is 24.5 Å². The summed E-state index contributed by atoms with van der Waals surface area (Å²) in [5.41, 5.74) is 0.558. The van der Waals surface area contributed by atoms with Crippen molar-refractivity contribution in [3.05, 3.63) is 30.1 Å². The minimum atomic E-state index is -0.457. The largest absolute Gasteiger partial charge is 0.345 e. The van der Waals surface area contributed by atoms with Gasteiger partial charge in [0.15, 0.2) is 5.78 Å². The van der Waals surface area contributed by atoms with Crippen molar-refractivity contribution < 1.29 is 9.59 Å². The van der Waals surface area contributed by atoms with Gasteiger partial charge in [-0.15, -0.1) is 0 Å². The fraction of sp³-hybridized carbons (Fsp3) is 0.500. The molecule has 0 spiro atoms. The Labute approximate surface area is 108 Å². The van der Waals surface area contributed by atoms with E-state index in [1.54, 1.807) is 18.5 Å². The number of pyridine rings is 1. The molecule has 0 saturated carbocycles. The maximum atomic E-state index is 11.9. The standard InChI is InChI=1S/C14H20N2O2/c1-10(17)13(14(2,3)4)16-12(18)8-11-6-5-7-15-9-11/h5-7,9,13H,8H2,1-4H3,(H,16,18). The lowest BCUT2D eigenvalue weighted by Crippen LogP contribution is -2.48. The highest BCUT2D eigenvalue weighted by Gasteiger charge is 2.29. The highest BCUT2D eigenvalue weighted by molar-refractivity contribution is 5.88. The van der Waals surface area contributed by atoms with Crippen LogP contribution in [0, 0.1) is 5.41 Å². The van der Waals surface area contributed by atoms with E-state index < -0.39 is 6.04 Å². The first-order valence-corrected chi connectivity index (χ1v) is 5.99. The van der Waals surface area contributed by atoms with E-state index in [1.807, 2.05) is 26.8 Å². The van der Waals surface area contributed by atoms with Crippen LogP contribution in [0.25, 0.3) is 0 Å². The molecule has 0 fully saturated rings. The molecule has 1 heterocycles. The lowest BCUT2D eigenvalue weighted by atomic mass is 9.84. The second-order valence-corrected chi connectivity index (χ2v) is 5.52. The topological polar surface area (TPSA) is 59.1 Å². The van der Waals surface area contributed by atoms with E-state index in [0.717, 1.165) is 5.56 Å². The van der Waals surface area contributed by atoms with Crippen LogP contribution >= 0.6 is 0 Å². The summed E-state index contributed by atoms with van der Waals surface area (Å²) in [6, 6.07) is 3.17. The van der Waals surface area contributed by atoms with Gasteiger partial charge in [-0.25, -0.2) is 0 Å². The number of aromatic nitrogens is 1. The lowest BCUT2D eigenvalue weighted by Gasteiger charge is -2.29. The molecule has 1 aromatic heterocycles. The third kappa shape index (κ3) is 4.28. The van der Waals surface area contributed by atoms with Gasteiger partial charge in [0.05, 0.1) is 12.5 Å². The summed E-state index contributed by atoms with van der Waals surface area (Å²) in [6.07, 6.45) is 3.56. The Morgan fingerprint density at radius 1 is 1.39 bits per heavy atom. The molecule has 4 heteroatoms. The zero-order valence-electron chi connectivity index (χ0n) is 11.4. The van der Waals surface area contributed by atoms with Crippen molar-refractivity contribution in [1.82, 2.24) is 10.3 Å². The van der Waals surface area contributed by atoms with Crippen LogP contribution in [0.3, 0.4) is 0 Å². The number of hydrogen-bond acceptors (Lipinski definition) is 3. The zero-order valence-corrected chi connectivity index (χ0v) is 11.4. The molecule has 1 N–H and O–H groups in total. The SMILES string of the molecule is CC(=O)C(NC(=O)Cc1cccnc1)C(C)(C)C. The molecule has 0 aromatic carbocycles. The highest BCUT2D eigenvalue weighted by Crippen LogP contribution is 2.20. The number of carbonyl (C=O) groups is 2. The minimum Gasteiger partial charge on any atom is -0.345 e. The van der Waals surface area contributed by atoms with Crippen molar-refractivity contribution >= 4 is 11.7 Å². The van der Waals surface area contributed by atoms with E-state index >= 15 is 0 Å². The summed E-state index contributed by atoms with van der Waals surface area (Å²) in [5.74, 6) is -0.180. The van der Waals surface area contributed by atoms with Gasteiger partial charge in [0.2, 0.25) is 5.91 Å². The number of hydrogen-bond donors (Lipinski definition) is 1. The number of nitrogens with one attached hydrogen (secondary N) is 1. The number of amides is 1. The summed E-state index contributed by atoms with van der Waals surface area (Å²) in [5, 5.41) is 2.79. The second kappa shape index (κ2) is 5.76. The molecule has 1 aromatic rings.